The van der Waals surface area contributed by atoms with Crippen molar-refractivity contribution >= 4 is 34.4 Å². The first-order valence-corrected chi connectivity index (χ1v) is 8.39. The standard InChI is InChI=1S/C16H14F3N3O4S/c1-9-2-6-14(27-9)13(23)5-7-15(24)21-20-11-4-3-10(16(17,18)19)8-12(11)22(25)26/h2-4,6,8,20H,5,7H2,1H3,(H,21,24). The van der Waals surface area contributed by atoms with Crippen molar-refractivity contribution < 1.29 is 27.7 Å². The first-order valence-electron chi connectivity index (χ1n) is 7.58. The van der Waals surface area contributed by atoms with Gasteiger partial charge in [-0.2, -0.15) is 13.2 Å². The van der Waals surface area contributed by atoms with Crippen molar-refractivity contribution in [3.63, 3.8) is 0 Å². The molecule has 11 heteroatoms. The number of Topliss-reactive ketones (excluding diaryl/α,β-unsaturated/α-hetero) is 1. The molecule has 0 radical (unpaired) electrons. The van der Waals surface area contributed by atoms with Crippen molar-refractivity contribution in [2.75, 3.05) is 5.43 Å². The van der Waals surface area contributed by atoms with Gasteiger partial charge in [-0.3, -0.25) is 30.6 Å². The minimum absolute atomic E-state index is 0.0669. The number of anilines is 1. The summed E-state index contributed by atoms with van der Waals surface area (Å²) in [7, 11) is 0. The van der Waals surface area contributed by atoms with E-state index in [1.54, 1.807) is 12.1 Å². The van der Waals surface area contributed by atoms with Gasteiger partial charge in [-0.25, -0.2) is 0 Å². The minimum Gasteiger partial charge on any atom is -0.293 e. The molecule has 0 saturated heterocycles. The molecule has 0 aliphatic rings. The van der Waals surface area contributed by atoms with E-state index in [2.05, 4.69) is 10.9 Å². The van der Waals surface area contributed by atoms with Gasteiger partial charge in [0.15, 0.2) is 5.78 Å². The topological polar surface area (TPSA) is 101 Å². The van der Waals surface area contributed by atoms with E-state index in [0.717, 1.165) is 10.9 Å². The number of nitro benzene ring substituents is 1. The number of rotatable bonds is 7. The Bertz CT molecular complexity index is 880. The van der Waals surface area contributed by atoms with Gasteiger partial charge in [0.1, 0.15) is 5.69 Å². The van der Waals surface area contributed by atoms with Crippen molar-refractivity contribution in [1.82, 2.24) is 5.43 Å². The van der Waals surface area contributed by atoms with Crippen LogP contribution in [0.4, 0.5) is 24.5 Å². The van der Waals surface area contributed by atoms with Crippen molar-refractivity contribution in [2.45, 2.75) is 25.9 Å². The molecule has 27 heavy (non-hydrogen) atoms. The Labute approximate surface area is 155 Å². The number of thiophene rings is 1. The van der Waals surface area contributed by atoms with Crippen molar-refractivity contribution in [1.29, 1.82) is 0 Å². The molecule has 0 fully saturated rings. The number of carbonyl (C=O) groups is 2. The highest BCUT2D eigenvalue weighted by Gasteiger charge is 2.33. The maximum atomic E-state index is 12.7. The second kappa shape index (κ2) is 8.16. The summed E-state index contributed by atoms with van der Waals surface area (Å²) in [4.78, 5) is 35.2. The third-order valence-corrected chi connectivity index (χ3v) is 4.49. The van der Waals surface area contributed by atoms with Gasteiger partial charge >= 0.3 is 6.18 Å². The number of ketones is 1. The van der Waals surface area contributed by atoms with Gasteiger partial charge in [0.2, 0.25) is 5.91 Å². The third-order valence-electron chi connectivity index (χ3n) is 3.45. The molecule has 0 spiro atoms. The number of nitrogens with one attached hydrogen (secondary N) is 2. The molecule has 0 aliphatic heterocycles. The summed E-state index contributed by atoms with van der Waals surface area (Å²) in [5.41, 5.74) is 2.04. The second-order valence-corrected chi connectivity index (χ2v) is 6.78. The molecule has 0 atom stereocenters. The van der Waals surface area contributed by atoms with Gasteiger partial charge in [0.05, 0.1) is 15.4 Å². The van der Waals surface area contributed by atoms with E-state index >= 15 is 0 Å². The van der Waals surface area contributed by atoms with Crippen LogP contribution in [0.3, 0.4) is 0 Å². The van der Waals surface area contributed by atoms with E-state index in [1.807, 2.05) is 6.92 Å². The molecule has 1 aromatic heterocycles. The van der Waals surface area contributed by atoms with Crippen molar-refractivity contribution in [2.24, 2.45) is 0 Å². The molecular formula is C16H14F3N3O4S. The Kier molecular flexibility index (Phi) is 6.16. The van der Waals surface area contributed by atoms with Crippen LogP contribution in [-0.4, -0.2) is 16.6 Å². The summed E-state index contributed by atoms with van der Waals surface area (Å²) in [5, 5.41) is 11.0. The molecule has 1 heterocycles. The molecule has 0 aliphatic carbocycles. The van der Waals surface area contributed by atoms with E-state index < -0.39 is 28.3 Å². The lowest BCUT2D eigenvalue weighted by atomic mass is 10.1. The molecule has 2 aromatic rings. The van der Waals surface area contributed by atoms with Gasteiger partial charge in [0, 0.05) is 23.8 Å². The summed E-state index contributed by atoms with van der Waals surface area (Å²) in [6.07, 6.45) is -4.98. The molecule has 0 bridgehead atoms. The normalized spacial score (nSPS) is 11.1. The molecule has 144 valence electrons. The van der Waals surface area contributed by atoms with E-state index in [-0.39, 0.29) is 24.3 Å². The number of carbonyl (C=O) groups excluding carboxylic acids is 2. The zero-order chi connectivity index (χ0) is 20.2. The van der Waals surface area contributed by atoms with Crippen LogP contribution in [-0.2, 0) is 11.0 Å². The third kappa shape index (κ3) is 5.51. The Morgan fingerprint density at radius 2 is 1.89 bits per heavy atom. The highest BCUT2D eigenvalue weighted by atomic mass is 32.1. The summed E-state index contributed by atoms with van der Waals surface area (Å²) in [6, 6.07) is 5.31. The Balaban J connectivity index is 1.96. The molecule has 0 saturated carbocycles. The second-order valence-electron chi connectivity index (χ2n) is 5.49. The predicted molar refractivity (Wildman–Crippen MR) is 92.5 cm³/mol. The molecule has 7 nitrogen and oxygen atoms in total. The Morgan fingerprint density at radius 3 is 2.44 bits per heavy atom. The summed E-state index contributed by atoms with van der Waals surface area (Å²) in [5.74, 6) is -0.852. The minimum atomic E-state index is -4.73. The van der Waals surface area contributed by atoms with E-state index in [4.69, 9.17) is 0 Å². The van der Waals surface area contributed by atoms with Crippen molar-refractivity contribution in [3.8, 4) is 0 Å². The lowest BCUT2D eigenvalue weighted by Crippen LogP contribution is -2.30. The van der Waals surface area contributed by atoms with Crippen LogP contribution in [0, 0.1) is 17.0 Å². The molecule has 2 N–H and O–H groups in total. The summed E-state index contributed by atoms with van der Waals surface area (Å²) in [6.45, 7) is 1.84. The molecule has 0 unspecified atom stereocenters. The fourth-order valence-corrected chi connectivity index (χ4v) is 2.93. The van der Waals surface area contributed by atoms with Gasteiger partial charge < -0.3 is 0 Å². The fourth-order valence-electron chi connectivity index (χ4n) is 2.10. The maximum absolute atomic E-state index is 12.7. The number of aryl methyl sites for hydroxylation is 1. The average Bonchev–Trinajstić information content (AvgIpc) is 3.03. The predicted octanol–water partition coefficient (Wildman–Crippen LogP) is 4.09. The number of nitro groups is 1. The smallest absolute Gasteiger partial charge is 0.293 e. The first-order chi connectivity index (χ1) is 12.6. The van der Waals surface area contributed by atoms with E-state index in [0.29, 0.717) is 17.0 Å². The van der Waals surface area contributed by atoms with Crippen LogP contribution < -0.4 is 10.9 Å². The monoisotopic (exact) mass is 401 g/mol. The van der Waals surface area contributed by atoms with Gasteiger partial charge in [-0.15, -0.1) is 11.3 Å². The zero-order valence-corrected chi connectivity index (χ0v) is 14.7. The van der Waals surface area contributed by atoms with E-state index in [1.165, 1.54) is 11.3 Å². The summed E-state index contributed by atoms with van der Waals surface area (Å²) < 4.78 is 38.0. The van der Waals surface area contributed by atoms with Crippen LogP contribution in [0.15, 0.2) is 30.3 Å². The Morgan fingerprint density at radius 1 is 1.19 bits per heavy atom. The highest BCUT2D eigenvalue weighted by Crippen LogP contribution is 2.34. The molecular weight excluding hydrogens is 387 g/mol. The number of alkyl halides is 3. The van der Waals surface area contributed by atoms with Crippen LogP contribution in [0.5, 0.6) is 0 Å². The van der Waals surface area contributed by atoms with E-state index in [9.17, 15) is 32.9 Å². The molecule has 2 rings (SSSR count). The van der Waals surface area contributed by atoms with Crippen molar-refractivity contribution in [3.05, 3.63) is 55.8 Å². The van der Waals surface area contributed by atoms with Crippen LogP contribution >= 0.6 is 11.3 Å². The van der Waals surface area contributed by atoms with Crippen LogP contribution in [0.25, 0.3) is 0 Å². The van der Waals surface area contributed by atoms with Gasteiger partial charge in [-0.05, 0) is 31.2 Å². The average molecular weight is 401 g/mol. The fraction of sp³-hybridized carbons (Fsp3) is 0.250. The Hall–Kier alpha value is -2.95. The summed E-state index contributed by atoms with van der Waals surface area (Å²) >= 11 is 1.30. The van der Waals surface area contributed by atoms with Gasteiger partial charge in [0.25, 0.3) is 5.69 Å². The SMILES string of the molecule is Cc1ccc(C(=O)CCC(=O)NNc2ccc(C(F)(F)F)cc2[N+](=O)[O-])s1. The number of halogens is 3. The van der Waals surface area contributed by atoms with Gasteiger partial charge in [-0.1, -0.05) is 0 Å². The molecule has 1 aromatic carbocycles. The number of amides is 1. The lowest BCUT2D eigenvalue weighted by molar-refractivity contribution is -0.384. The zero-order valence-electron chi connectivity index (χ0n) is 13.9. The first kappa shape index (κ1) is 20.4. The number of hydrogen-bond donors (Lipinski definition) is 2. The largest absolute Gasteiger partial charge is 0.416 e. The van der Waals surface area contributed by atoms with Crippen LogP contribution in [0.1, 0.15) is 33.0 Å². The molecule has 1 amide bonds. The number of benzene rings is 1. The van der Waals surface area contributed by atoms with Crippen LogP contribution in [0.2, 0.25) is 0 Å². The lowest BCUT2D eigenvalue weighted by Gasteiger charge is -2.11. The quantitative estimate of drug-likeness (QED) is 0.413. The number of nitrogens with zero attached hydrogens (tertiary/aromatic N) is 1. The maximum Gasteiger partial charge on any atom is 0.416 e. The highest BCUT2D eigenvalue weighted by molar-refractivity contribution is 7.14. The number of hydrazine groups is 1. The number of hydrogen-bond acceptors (Lipinski definition) is 6.